The van der Waals surface area contributed by atoms with Gasteiger partial charge in [0.2, 0.25) is 5.91 Å². The molecule has 0 bridgehead atoms. The average molecular weight is 417 g/mol. The van der Waals surface area contributed by atoms with Crippen molar-refractivity contribution in [2.75, 3.05) is 23.3 Å². The van der Waals surface area contributed by atoms with Gasteiger partial charge in [0.15, 0.2) is 0 Å². The zero-order chi connectivity index (χ0) is 21.8. The molecule has 0 saturated carbocycles. The summed E-state index contributed by atoms with van der Waals surface area (Å²) in [7, 11) is 0. The Morgan fingerprint density at radius 2 is 1.81 bits per heavy atom. The van der Waals surface area contributed by atoms with E-state index < -0.39 is 0 Å². The van der Waals surface area contributed by atoms with E-state index in [1.54, 1.807) is 35.2 Å². The number of nitrogens with zero attached hydrogens (tertiary/aromatic N) is 1. The molecule has 158 valence electrons. The fourth-order valence-corrected chi connectivity index (χ4v) is 3.78. The molecule has 6 heteroatoms. The number of amides is 2. The molecule has 4 rings (SSSR count). The highest BCUT2D eigenvalue weighted by molar-refractivity contribution is 6.07. The topological polar surface area (TPSA) is 61.4 Å². The summed E-state index contributed by atoms with van der Waals surface area (Å²) in [6.07, 6.45) is 0.853. The van der Waals surface area contributed by atoms with Crippen LogP contribution in [0.5, 0.6) is 0 Å². The molecule has 3 aromatic rings. The molecule has 1 aliphatic heterocycles. The Labute approximate surface area is 180 Å². The number of fused-ring (bicyclic) bond motifs is 1. The highest BCUT2D eigenvalue weighted by Crippen LogP contribution is 2.29. The smallest absolute Gasteiger partial charge is 0.258 e. The van der Waals surface area contributed by atoms with Crippen LogP contribution in [0, 0.1) is 5.82 Å². The number of anilines is 2. The van der Waals surface area contributed by atoms with E-state index >= 15 is 0 Å². The minimum absolute atomic E-state index is 0.0528. The first-order valence-electron chi connectivity index (χ1n) is 10.3. The van der Waals surface area contributed by atoms with Crippen LogP contribution in [0.4, 0.5) is 15.8 Å². The molecular formula is C25H24FN3O2. The van der Waals surface area contributed by atoms with Crippen LogP contribution in [0.15, 0.2) is 72.8 Å². The van der Waals surface area contributed by atoms with Crippen LogP contribution in [0.1, 0.15) is 34.5 Å². The molecule has 1 aliphatic rings. The van der Waals surface area contributed by atoms with Crippen LogP contribution >= 0.6 is 0 Å². The monoisotopic (exact) mass is 417 g/mol. The van der Waals surface area contributed by atoms with E-state index in [1.165, 1.54) is 17.7 Å². The summed E-state index contributed by atoms with van der Waals surface area (Å²) in [5, 5.41) is 5.95. The summed E-state index contributed by atoms with van der Waals surface area (Å²) in [4.78, 5) is 27.1. The molecule has 2 N–H and O–H groups in total. The summed E-state index contributed by atoms with van der Waals surface area (Å²) in [5.41, 5.74) is 4.23. The summed E-state index contributed by atoms with van der Waals surface area (Å²) < 4.78 is 13.1. The number of carbonyl (C=O) groups is 2. The third-order valence-corrected chi connectivity index (χ3v) is 5.44. The lowest BCUT2D eigenvalue weighted by atomic mass is 10.1. The number of benzene rings is 3. The predicted molar refractivity (Wildman–Crippen MR) is 120 cm³/mol. The molecule has 1 atom stereocenters. The van der Waals surface area contributed by atoms with Gasteiger partial charge in [-0.15, -0.1) is 0 Å². The van der Waals surface area contributed by atoms with Gasteiger partial charge in [-0.2, -0.15) is 0 Å². The van der Waals surface area contributed by atoms with E-state index in [4.69, 9.17) is 0 Å². The Morgan fingerprint density at radius 3 is 2.61 bits per heavy atom. The maximum atomic E-state index is 13.1. The fraction of sp³-hybridized carbons (Fsp3) is 0.200. The Morgan fingerprint density at radius 1 is 1.03 bits per heavy atom. The first-order chi connectivity index (χ1) is 15.0. The van der Waals surface area contributed by atoms with Gasteiger partial charge < -0.3 is 15.5 Å². The molecule has 0 fully saturated rings. The van der Waals surface area contributed by atoms with Crippen LogP contribution in [-0.2, 0) is 11.2 Å². The Kier molecular flexibility index (Phi) is 5.98. The minimum Gasteiger partial charge on any atom is -0.376 e. The van der Waals surface area contributed by atoms with Crippen molar-refractivity contribution in [1.29, 1.82) is 0 Å². The zero-order valence-electron chi connectivity index (χ0n) is 17.3. The average Bonchev–Trinajstić information content (AvgIpc) is 3.22. The Balaban J connectivity index is 1.36. The molecule has 5 nitrogen and oxygen atoms in total. The molecule has 0 spiro atoms. The lowest BCUT2D eigenvalue weighted by molar-refractivity contribution is -0.120. The standard InChI is InChI=1S/C25H24FN3O2/c1-17(18-9-11-21(26)12-10-18)28-24(30)16-27-22-7-4-6-20(15-22)25(31)29-14-13-19-5-2-3-8-23(19)29/h2-12,15,17,27H,13-14,16H2,1H3,(H,28,30). The van der Waals surface area contributed by atoms with Gasteiger partial charge in [-0.05, 0) is 60.9 Å². The number of para-hydroxylation sites is 1. The third kappa shape index (κ3) is 4.74. The molecule has 3 aromatic carbocycles. The predicted octanol–water partition coefficient (Wildman–Crippen LogP) is 4.32. The van der Waals surface area contributed by atoms with Gasteiger partial charge in [-0.3, -0.25) is 9.59 Å². The zero-order valence-corrected chi connectivity index (χ0v) is 17.3. The van der Waals surface area contributed by atoms with Crippen LogP contribution in [0.3, 0.4) is 0 Å². The van der Waals surface area contributed by atoms with Gasteiger partial charge in [0.1, 0.15) is 5.82 Å². The van der Waals surface area contributed by atoms with E-state index in [2.05, 4.69) is 10.6 Å². The van der Waals surface area contributed by atoms with Gasteiger partial charge >= 0.3 is 0 Å². The van der Waals surface area contributed by atoms with Crippen molar-refractivity contribution in [3.8, 4) is 0 Å². The Hall–Kier alpha value is -3.67. The van der Waals surface area contributed by atoms with Crippen molar-refractivity contribution >= 4 is 23.2 Å². The summed E-state index contributed by atoms with van der Waals surface area (Å²) in [6, 6.07) is 20.9. The van der Waals surface area contributed by atoms with Crippen molar-refractivity contribution in [2.45, 2.75) is 19.4 Å². The van der Waals surface area contributed by atoms with Gasteiger partial charge in [0.25, 0.3) is 5.91 Å². The number of hydrogen-bond acceptors (Lipinski definition) is 3. The molecule has 0 aliphatic carbocycles. The number of hydrogen-bond donors (Lipinski definition) is 2. The largest absolute Gasteiger partial charge is 0.376 e. The van der Waals surface area contributed by atoms with E-state index in [-0.39, 0.29) is 30.2 Å². The van der Waals surface area contributed by atoms with E-state index in [9.17, 15) is 14.0 Å². The van der Waals surface area contributed by atoms with Gasteiger partial charge in [0, 0.05) is 23.5 Å². The molecule has 1 unspecified atom stereocenters. The lowest BCUT2D eigenvalue weighted by Crippen LogP contribution is -2.32. The van der Waals surface area contributed by atoms with Crippen LogP contribution in [0.2, 0.25) is 0 Å². The SMILES string of the molecule is CC(NC(=O)CNc1cccc(C(=O)N2CCc3ccccc32)c1)c1ccc(F)cc1. The second-order valence-corrected chi connectivity index (χ2v) is 7.61. The minimum atomic E-state index is -0.309. The maximum Gasteiger partial charge on any atom is 0.258 e. The van der Waals surface area contributed by atoms with Gasteiger partial charge in [-0.25, -0.2) is 4.39 Å². The Bertz CT molecular complexity index is 1100. The van der Waals surface area contributed by atoms with Crippen LogP contribution < -0.4 is 15.5 Å². The van der Waals surface area contributed by atoms with E-state index in [0.29, 0.717) is 17.8 Å². The number of rotatable bonds is 6. The quantitative estimate of drug-likeness (QED) is 0.628. The number of carbonyl (C=O) groups excluding carboxylic acids is 2. The highest BCUT2D eigenvalue weighted by atomic mass is 19.1. The molecule has 1 heterocycles. The maximum absolute atomic E-state index is 13.1. The van der Waals surface area contributed by atoms with E-state index in [1.807, 2.05) is 37.3 Å². The van der Waals surface area contributed by atoms with Gasteiger partial charge in [-0.1, -0.05) is 36.4 Å². The summed E-state index contributed by atoms with van der Waals surface area (Å²) >= 11 is 0. The van der Waals surface area contributed by atoms with Crippen molar-refractivity contribution < 1.29 is 14.0 Å². The first-order valence-corrected chi connectivity index (χ1v) is 10.3. The second-order valence-electron chi connectivity index (χ2n) is 7.61. The fourth-order valence-electron chi connectivity index (χ4n) is 3.78. The summed E-state index contributed by atoms with van der Waals surface area (Å²) in [6.45, 7) is 2.58. The molecule has 0 saturated heterocycles. The van der Waals surface area contributed by atoms with Crippen molar-refractivity contribution in [3.05, 3.63) is 95.3 Å². The normalized spacial score (nSPS) is 13.4. The number of halogens is 1. The number of nitrogens with one attached hydrogen (secondary N) is 2. The highest BCUT2D eigenvalue weighted by Gasteiger charge is 2.25. The van der Waals surface area contributed by atoms with Crippen LogP contribution in [0.25, 0.3) is 0 Å². The molecule has 2 amide bonds. The second kappa shape index (κ2) is 9.00. The lowest BCUT2D eigenvalue weighted by Gasteiger charge is -2.18. The molecular weight excluding hydrogens is 393 g/mol. The third-order valence-electron chi connectivity index (χ3n) is 5.44. The van der Waals surface area contributed by atoms with Crippen molar-refractivity contribution in [3.63, 3.8) is 0 Å². The molecule has 0 radical (unpaired) electrons. The van der Waals surface area contributed by atoms with Crippen molar-refractivity contribution in [2.24, 2.45) is 0 Å². The molecule has 0 aromatic heterocycles. The van der Waals surface area contributed by atoms with E-state index in [0.717, 1.165) is 17.7 Å². The van der Waals surface area contributed by atoms with Crippen LogP contribution in [-0.4, -0.2) is 24.9 Å². The summed E-state index contributed by atoms with van der Waals surface area (Å²) in [5.74, 6) is -0.555. The molecule has 31 heavy (non-hydrogen) atoms. The first kappa shape index (κ1) is 20.6. The van der Waals surface area contributed by atoms with Gasteiger partial charge in [0.05, 0.1) is 12.6 Å². The van der Waals surface area contributed by atoms with Crippen molar-refractivity contribution in [1.82, 2.24) is 5.32 Å².